The number of likely N-dealkylation sites (tertiary alicyclic amines) is 1. The molecule has 0 radical (unpaired) electrons. The van der Waals surface area contributed by atoms with Crippen molar-refractivity contribution in [3.05, 3.63) is 94.0 Å². The van der Waals surface area contributed by atoms with E-state index in [2.05, 4.69) is 15.3 Å². The summed E-state index contributed by atoms with van der Waals surface area (Å²) in [4.78, 5) is 35.5. The van der Waals surface area contributed by atoms with Crippen molar-refractivity contribution in [2.24, 2.45) is 11.8 Å². The summed E-state index contributed by atoms with van der Waals surface area (Å²) in [5, 5.41) is 3.02. The van der Waals surface area contributed by atoms with Crippen LogP contribution in [0, 0.1) is 18.8 Å². The molecule has 1 aromatic carbocycles. The van der Waals surface area contributed by atoms with Gasteiger partial charge >= 0.3 is 12.3 Å². The zero-order valence-corrected chi connectivity index (χ0v) is 24.8. The quantitative estimate of drug-likeness (QED) is 0.252. The number of piperidine rings is 1. The molecule has 1 saturated carbocycles. The van der Waals surface area contributed by atoms with Crippen LogP contribution >= 0.6 is 11.6 Å². The van der Waals surface area contributed by atoms with E-state index in [0.717, 1.165) is 11.6 Å². The summed E-state index contributed by atoms with van der Waals surface area (Å²) < 4.78 is 53.9. The Kier molecular flexibility index (Phi) is 7.43. The largest absolute Gasteiger partial charge is 0.474 e. The first-order valence-electron chi connectivity index (χ1n) is 14.0. The molecule has 230 valence electrons. The van der Waals surface area contributed by atoms with E-state index in [-0.39, 0.29) is 46.8 Å². The van der Waals surface area contributed by atoms with Crippen molar-refractivity contribution in [2.45, 2.75) is 45.2 Å². The third kappa shape index (κ3) is 6.03. The van der Waals surface area contributed by atoms with Crippen LogP contribution in [0.4, 0.5) is 18.0 Å². The number of benzene rings is 1. The molecule has 1 aliphatic carbocycles. The van der Waals surface area contributed by atoms with Crippen molar-refractivity contribution in [3.8, 4) is 5.88 Å². The van der Waals surface area contributed by atoms with E-state index < -0.39 is 29.3 Å². The predicted molar refractivity (Wildman–Crippen MR) is 154 cm³/mol. The Morgan fingerprint density at radius 1 is 1.05 bits per heavy atom. The average molecular weight is 628 g/mol. The summed E-state index contributed by atoms with van der Waals surface area (Å²) in [7, 11) is 0. The number of hydrogen-bond donors (Lipinski definition) is 1. The number of nitrogens with one attached hydrogen (secondary N) is 1. The highest BCUT2D eigenvalue weighted by Crippen LogP contribution is 2.48. The Hall–Kier alpha value is -4.32. The Morgan fingerprint density at radius 3 is 2.43 bits per heavy atom. The summed E-state index contributed by atoms with van der Waals surface area (Å²) in [6.07, 6.45) is -2.63. The van der Waals surface area contributed by atoms with E-state index in [1.165, 1.54) is 16.8 Å². The number of hydrogen-bond acceptors (Lipinski definition) is 6. The maximum atomic E-state index is 13.7. The Morgan fingerprint density at radius 2 is 1.75 bits per heavy atom. The topological polar surface area (TPSA) is 98.1 Å². The predicted octanol–water partition coefficient (Wildman–Crippen LogP) is 6.02. The minimum Gasteiger partial charge on any atom is -0.474 e. The van der Waals surface area contributed by atoms with Crippen LogP contribution < -0.4 is 10.1 Å². The molecule has 3 aromatic heterocycles. The maximum Gasteiger partial charge on any atom is 0.420 e. The lowest BCUT2D eigenvalue weighted by molar-refractivity contribution is -0.136. The van der Waals surface area contributed by atoms with Gasteiger partial charge in [0.25, 0.3) is 5.91 Å². The molecular formula is C31H29ClF3N5O4. The molecule has 4 heterocycles. The molecule has 1 saturated heterocycles. The number of carbonyl (C=O) groups is 2. The molecule has 2 aliphatic rings. The number of aromatic nitrogens is 3. The van der Waals surface area contributed by atoms with Crippen LogP contribution in [-0.4, -0.2) is 50.5 Å². The maximum absolute atomic E-state index is 13.7. The molecule has 13 heteroatoms. The molecule has 4 aromatic rings. The Labute approximate surface area is 255 Å². The van der Waals surface area contributed by atoms with Gasteiger partial charge in [0.1, 0.15) is 23.5 Å². The van der Waals surface area contributed by atoms with Gasteiger partial charge in [-0.25, -0.2) is 14.8 Å². The van der Waals surface area contributed by atoms with E-state index >= 15 is 0 Å². The fourth-order valence-corrected chi connectivity index (χ4v) is 5.86. The molecule has 1 N–H and O–H groups in total. The number of fused-ring (bicyclic) bond motifs is 2. The van der Waals surface area contributed by atoms with E-state index in [9.17, 15) is 22.8 Å². The van der Waals surface area contributed by atoms with Gasteiger partial charge in [-0.15, -0.1) is 0 Å². The molecule has 9 nitrogen and oxygen atoms in total. The smallest absolute Gasteiger partial charge is 0.420 e. The van der Waals surface area contributed by atoms with Crippen molar-refractivity contribution >= 4 is 29.2 Å². The molecule has 2 amide bonds. The number of carbonyl (C=O) groups excluding carboxylic acids is 2. The zero-order chi connectivity index (χ0) is 31.4. The fraction of sp³-hybridized carbons (Fsp3) is 0.355. The van der Waals surface area contributed by atoms with Crippen LogP contribution in [0.15, 0.2) is 60.9 Å². The van der Waals surface area contributed by atoms with Crippen LogP contribution in [0.1, 0.15) is 46.6 Å². The summed E-state index contributed by atoms with van der Waals surface area (Å²) >= 11 is 6.30. The highest BCUT2D eigenvalue weighted by molar-refractivity contribution is 6.29. The normalized spacial score (nSPS) is 19.5. The standard InChI is InChI=1S/C31H29ClF3N5O4/c1-17-12-39-13-19(9-23(27(39)36-17)31(33,34)35)28(41)40-14-21-22(15-40)26(21)44-25-11-20(10-24(32)37-25)30(2,3)38-29(42)43-16-18-7-5-4-6-8-18/h4-13,21-22,26H,14-16H2,1-3H3,(H,38,42)/t21-,22+,26?. The van der Waals surface area contributed by atoms with Gasteiger partial charge < -0.3 is 24.1 Å². The average Bonchev–Trinajstić information content (AvgIpc) is 3.25. The number of pyridine rings is 2. The van der Waals surface area contributed by atoms with Gasteiger partial charge in [0.2, 0.25) is 5.88 Å². The number of alkyl carbamates (subject to hydrolysis) is 1. The summed E-state index contributed by atoms with van der Waals surface area (Å²) in [5.74, 6) is -0.204. The van der Waals surface area contributed by atoms with E-state index in [4.69, 9.17) is 21.1 Å². The Balaban J connectivity index is 1.08. The first-order chi connectivity index (χ1) is 20.8. The molecule has 2 fully saturated rings. The lowest BCUT2D eigenvalue weighted by Gasteiger charge is -2.27. The molecule has 44 heavy (non-hydrogen) atoms. The van der Waals surface area contributed by atoms with Gasteiger partial charge in [-0.1, -0.05) is 41.9 Å². The van der Waals surface area contributed by atoms with Gasteiger partial charge in [0, 0.05) is 43.4 Å². The van der Waals surface area contributed by atoms with Crippen molar-refractivity contribution < 1.29 is 32.2 Å². The first kappa shape index (κ1) is 29.7. The second-order valence-corrected chi connectivity index (χ2v) is 12.1. The number of nitrogens with zero attached hydrogens (tertiary/aromatic N) is 4. The third-order valence-electron chi connectivity index (χ3n) is 8.00. The van der Waals surface area contributed by atoms with E-state index in [1.807, 2.05) is 30.3 Å². The second-order valence-electron chi connectivity index (χ2n) is 11.7. The van der Waals surface area contributed by atoms with E-state index in [0.29, 0.717) is 24.3 Å². The second kappa shape index (κ2) is 11.0. The van der Waals surface area contributed by atoms with Crippen LogP contribution in [0.3, 0.4) is 0 Å². The Bertz CT molecular complexity index is 1730. The van der Waals surface area contributed by atoms with Gasteiger partial charge in [-0.2, -0.15) is 13.2 Å². The van der Waals surface area contributed by atoms with Crippen molar-refractivity contribution in [1.29, 1.82) is 0 Å². The first-order valence-corrected chi connectivity index (χ1v) is 14.4. The summed E-state index contributed by atoms with van der Waals surface area (Å²) in [6, 6.07) is 13.5. The van der Waals surface area contributed by atoms with Crippen molar-refractivity contribution in [2.75, 3.05) is 13.1 Å². The van der Waals surface area contributed by atoms with Crippen LogP contribution in [-0.2, 0) is 23.1 Å². The van der Waals surface area contributed by atoms with Crippen LogP contribution in [0.5, 0.6) is 5.88 Å². The molecule has 3 atom stereocenters. The molecule has 0 bridgehead atoms. The number of halogens is 4. The number of amides is 2. The van der Waals surface area contributed by atoms with Crippen LogP contribution in [0.2, 0.25) is 5.15 Å². The van der Waals surface area contributed by atoms with Crippen LogP contribution in [0.25, 0.3) is 5.65 Å². The number of alkyl halides is 3. The zero-order valence-electron chi connectivity index (χ0n) is 24.1. The number of imidazole rings is 1. The SMILES string of the molecule is Cc1cn2cc(C(=O)N3C[C@@H]4C(Oc5cc(C(C)(C)NC(=O)OCc6ccccc6)cc(Cl)n5)[C@@H]4C3)cc(C(F)(F)F)c2n1. The lowest BCUT2D eigenvalue weighted by atomic mass is 9.95. The van der Waals surface area contributed by atoms with Crippen molar-refractivity contribution in [1.82, 2.24) is 24.6 Å². The number of rotatable bonds is 7. The van der Waals surface area contributed by atoms with Crippen molar-refractivity contribution in [3.63, 3.8) is 0 Å². The highest BCUT2D eigenvalue weighted by Gasteiger charge is 2.59. The fourth-order valence-electron chi connectivity index (χ4n) is 5.66. The lowest BCUT2D eigenvalue weighted by Crippen LogP contribution is -2.41. The molecular weight excluding hydrogens is 599 g/mol. The summed E-state index contributed by atoms with van der Waals surface area (Å²) in [5.41, 5.74) is -0.185. The van der Waals surface area contributed by atoms with Gasteiger partial charge in [-0.3, -0.25) is 4.79 Å². The molecule has 1 aliphatic heterocycles. The molecule has 6 rings (SSSR count). The highest BCUT2D eigenvalue weighted by atomic mass is 35.5. The minimum atomic E-state index is -4.66. The monoisotopic (exact) mass is 627 g/mol. The minimum absolute atomic E-state index is 0.00332. The van der Waals surface area contributed by atoms with E-state index in [1.54, 1.807) is 37.8 Å². The van der Waals surface area contributed by atoms with Gasteiger partial charge in [0.15, 0.2) is 0 Å². The third-order valence-corrected chi connectivity index (χ3v) is 8.20. The number of aryl methyl sites for hydroxylation is 1. The molecule has 0 spiro atoms. The number of ether oxygens (including phenoxy) is 2. The molecule has 1 unspecified atom stereocenters. The van der Waals surface area contributed by atoms with Gasteiger partial charge in [0.05, 0.1) is 22.4 Å². The van der Waals surface area contributed by atoms with Gasteiger partial charge in [-0.05, 0) is 44.0 Å². The summed E-state index contributed by atoms with van der Waals surface area (Å²) in [6.45, 7) is 6.00.